The highest BCUT2D eigenvalue weighted by molar-refractivity contribution is 5.34. The van der Waals surface area contributed by atoms with Crippen LogP contribution in [0.3, 0.4) is 0 Å². The van der Waals surface area contributed by atoms with Gasteiger partial charge in [0.05, 0.1) is 11.5 Å². The van der Waals surface area contributed by atoms with Crippen LogP contribution < -0.4 is 0 Å². The van der Waals surface area contributed by atoms with Crippen molar-refractivity contribution in [3.05, 3.63) is 35.6 Å². The second-order valence-corrected chi connectivity index (χ2v) is 8.15. The fourth-order valence-corrected chi connectivity index (χ4v) is 4.20. The Morgan fingerprint density at radius 1 is 1.12 bits per heavy atom. The molecule has 0 aromatic heterocycles. The third-order valence-electron chi connectivity index (χ3n) is 5.78. The summed E-state index contributed by atoms with van der Waals surface area (Å²) in [6.45, 7) is 12.6. The summed E-state index contributed by atoms with van der Waals surface area (Å²) >= 11 is 0. The van der Waals surface area contributed by atoms with E-state index in [9.17, 15) is 9.65 Å². The Morgan fingerprint density at radius 3 is 2.27 bits per heavy atom. The van der Waals surface area contributed by atoms with Crippen LogP contribution in [0.5, 0.6) is 0 Å². The predicted octanol–water partition coefficient (Wildman–Crippen LogP) is 4.58. The van der Waals surface area contributed by atoms with Crippen LogP contribution in [-0.2, 0) is 5.41 Å². The van der Waals surface area contributed by atoms with E-state index in [1.165, 1.54) is 18.9 Å². The van der Waals surface area contributed by atoms with Crippen molar-refractivity contribution < 1.29 is 4.39 Å². The van der Waals surface area contributed by atoms with Gasteiger partial charge in [-0.1, -0.05) is 18.2 Å². The van der Waals surface area contributed by atoms with Crippen LogP contribution in [0.15, 0.2) is 24.3 Å². The SMILES string of the molecule is CC(C)N(CCC(C#N)(CCN1CCCC1)c1ccccc1F)C(C)C. The zero-order valence-electron chi connectivity index (χ0n) is 16.8. The number of benzene rings is 1. The fraction of sp³-hybridized carbons (Fsp3) is 0.682. The molecule has 0 amide bonds. The van der Waals surface area contributed by atoms with E-state index in [0.717, 1.165) is 26.2 Å². The molecule has 0 aliphatic carbocycles. The second kappa shape index (κ2) is 9.48. The summed E-state index contributed by atoms with van der Waals surface area (Å²) in [5.74, 6) is -0.254. The summed E-state index contributed by atoms with van der Waals surface area (Å²) in [6.07, 6.45) is 3.81. The maximum Gasteiger partial charge on any atom is 0.128 e. The van der Waals surface area contributed by atoms with Gasteiger partial charge in [-0.3, -0.25) is 4.90 Å². The third-order valence-corrected chi connectivity index (χ3v) is 5.78. The van der Waals surface area contributed by atoms with E-state index < -0.39 is 5.41 Å². The van der Waals surface area contributed by atoms with Crippen molar-refractivity contribution in [3.63, 3.8) is 0 Å². The average molecular weight is 360 g/mol. The minimum Gasteiger partial charge on any atom is -0.303 e. The van der Waals surface area contributed by atoms with Crippen LogP contribution in [0.4, 0.5) is 4.39 Å². The molecule has 1 saturated heterocycles. The number of likely N-dealkylation sites (tertiary alicyclic amines) is 1. The molecule has 1 aromatic rings. The van der Waals surface area contributed by atoms with E-state index in [4.69, 9.17) is 0 Å². The van der Waals surface area contributed by atoms with Crippen molar-refractivity contribution in [1.29, 1.82) is 5.26 Å². The maximum absolute atomic E-state index is 14.6. The summed E-state index contributed by atoms with van der Waals surface area (Å²) in [5, 5.41) is 10.2. The molecule has 26 heavy (non-hydrogen) atoms. The molecule has 0 bridgehead atoms. The first-order valence-corrected chi connectivity index (χ1v) is 10.0. The number of hydrogen-bond acceptors (Lipinski definition) is 3. The molecule has 1 aromatic carbocycles. The van der Waals surface area contributed by atoms with Crippen molar-refractivity contribution in [2.45, 2.75) is 70.9 Å². The van der Waals surface area contributed by atoms with Gasteiger partial charge in [0, 0.05) is 24.2 Å². The predicted molar refractivity (Wildman–Crippen MR) is 106 cm³/mol. The Morgan fingerprint density at radius 2 is 1.73 bits per heavy atom. The maximum atomic E-state index is 14.6. The molecule has 0 N–H and O–H groups in total. The topological polar surface area (TPSA) is 30.3 Å². The van der Waals surface area contributed by atoms with Crippen molar-refractivity contribution in [3.8, 4) is 6.07 Å². The number of nitriles is 1. The number of rotatable bonds is 9. The zero-order chi connectivity index (χ0) is 19.2. The molecule has 3 nitrogen and oxygen atoms in total. The largest absolute Gasteiger partial charge is 0.303 e. The Hall–Kier alpha value is -1.44. The van der Waals surface area contributed by atoms with E-state index in [-0.39, 0.29) is 5.82 Å². The van der Waals surface area contributed by atoms with Crippen molar-refractivity contribution >= 4 is 0 Å². The van der Waals surface area contributed by atoms with E-state index in [2.05, 4.69) is 43.6 Å². The monoisotopic (exact) mass is 359 g/mol. The van der Waals surface area contributed by atoms with Gasteiger partial charge < -0.3 is 4.90 Å². The molecule has 0 saturated carbocycles. The summed E-state index contributed by atoms with van der Waals surface area (Å²) < 4.78 is 14.6. The molecular formula is C22H34FN3. The molecule has 1 unspecified atom stereocenters. The average Bonchev–Trinajstić information content (AvgIpc) is 3.12. The summed E-state index contributed by atoms with van der Waals surface area (Å²) in [5.41, 5.74) is -0.204. The smallest absolute Gasteiger partial charge is 0.128 e. The standard InChI is InChI=1S/C22H34FN3/c1-18(2)26(19(3)4)16-12-22(17-24,11-15-25-13-7-8-14-25)20-9-5-6-10-21(20)23/h5-6,9-10,18-19H,7-8,11-16H2,1-4H3. The Kier molecular flexibility index (Phi) is 7.61. The fourth-order valence-electron chi connectivity index (χ4n) is 4.20. The van der Waals surface area contributed by atoms with E-state index in [1.807, 2.05) is 6.07 Å². The van der Waals surface area contributed by atoms with Crippen molar-refractivity contribution in [2.75, 3.05) is 26.2 Å². The van der Waals surface area contributed by atoms with Crippen LogP contribution in [0.1, 0.15) is 58.9 Å². The molecule has 0 radical (unpaired) electrons. The number of hydrogen-bond donors (Lipinski definition) is 0. The van der Waals surface area contributed by atoms with Gasteiger partial charge in [-0.15, -0.1) is 0 Å². The minimum absolute atomic E-state index is 0.254. The second-order valence-electron chi connectivity index (χ2n) is 8.15. The van der Waals surface area contributed by atoms with Gasteiger partial charge in [0.15, 0.2) is 0 Å². The van der Waals surface area contributed by atoms with Crippen LogP contribution in [0.2, 0.25) is 0 Å². The lowest BCUT2D eigenvalue weighted by molar-refractivity contribution is 0.158. The van der Waals surface area contributed by atoms with Gasteiger partial charge in [-0.05, 0) is 79.1 Å². The molecule has 1 aliphatic rings. The highest BCUT2D eigenvalue weighted by atomic mass is 19.1. The number of halogens is 1. The van der Waals surface area contributed by atoms with Gasteiger partial charge in [0.1, 0.15) is 5.82 Å². The summed E-state index contributed by atoms with van der Waals surface area (Å²) in [6, 6.07) is 10.2. The van der Waals surface area contributed by atoms with Crippen LogP contribution in [0.25, 0.3) is 0 Å². The lowest BCUT2D eigenvalue weighted by atomic mass is 9.75. The Bertz CT molecular complexity index is 594. The molecule has 1 heterocycles. The Balaban J connectivity index is 2.24. The molecular weight excluding hydrogens is 325 g/mol. The molecule has 144 valence electrons. The van der Waals surface area contributed by atoms with Gasteiger partial charge in [-0.25, -0.2) is 4.39 Å². The first kappa shape index (κ1) is 20.9. The van der Waals surface area contributed by atoms with Gasteiger partial charge in [0.25, 0.3) is 0 Å². The molecule has 1 fully saturated rings. The quantitative estimate of drug-likeness (QED) is 0.646. The molecule has 2 rings (SSSR count). The highest BCUT2D eigenvalue weighted by Crippen LogP contribution is 2.34. The summed E-state index contributed by atoms with van der Waals surface area (Å²) in [4.78, 5) is 4.80. The van der Waals surface area contributed by atoms with Crippen LogP contribution in [0, 0.1) is 17.1 Å². The third kappa shape index (κ3) is 5.05. The van der Waals surface area contributed by atoms with Crippen molar-refractivity contribution in [1.82, 2.24) is 9.80 Å². The highest BCUT2D eigenvalue weighted by Gasteiger charge is 2.36. The zero-order valence-corrected chi connectivity index (χ0v) is 16.8. The van der Waals surface area contributed by atoms with E-state index >= 15 is 0 Å². The lowest BCUT2D eigenvalue weighted by Gasteiger charge is -2.35. The lowest BCUT2D eigenvalue weighted by Crippen LogP contribution is -2.41. The van der Waals surface area contributed by atoms with Gasteiger partial charge in [0.2, 0.25) is 0 Å². The molecule has 4 heteroatoms. The van der Waals surface area contributed by atoms with E-state index in [0.29, 0.717) is 30.5 Å². The van der Waals surface area contributed by atoms with Crippen molar-refractivity contribution in [2.24, 2.45) is 0 Å². The van der Waals surface area contributed by atoms with Crippen LogP contribution in [-0.4, -0.2) is 48.1 Å². The first-order chi connectivity index (χ1) is 12.4. The molecule has 0 spiro atoms. The van der Waals surface area contributed by atoms with E-state index in [1.54, 1.807) is 12.1 Å². The van der Waals surface area contributed by atoms with Crippen LogP contribution >= 0.6 is 0 Å². The normalized spacial score (nSPS) is 17.8. The van der Waals surface area contributed by atoms with Gasteiger partial charge >= 0.3 is 0 Å². The summed E-state index contributed by atoms with van der Waals surface area (Å²) in [7, 11) is 0. The first-order valence-electron chi connectivity index (χ1n) is 10.0. The molecule has 1 atom stereocenters. The minimum atomic E-state index is -0.768. The Labute approximate surface area is 158 Å². The number of nitrogens with zero attached hydrogens (tertiary/aromatic N) is 3. The van der Waals surface area contributed by atoms with Gasteiger partial charge in [-0.2, -0.15) is 5.26 Å². The molecule has 1 aliphatic heterocycles.